The monoisotopic (exact) mass is 296 g/mol. The van der Waals surface area contributed by atoms with Gasteiger partial charge in [-0.15, -0.1) is 0 Å². The van der Waals surface area contributed by atoms with Crippen molar-refractivity contribution < 1.29 is 18.7 Å². The molecule has 2 rings (SSSR count). The van der Waals surface area contributed by atoms with E-state index in [9.17, 15) is 9.59 Å². The molecule has 2 aromatic heterocycles. The summed E-state index contributed by atoms with van der Waals surface area (Å²) in [6, 6.07) is 3.22. The molecular formula is C13H13ClN2O4. The van der Waals surface area contributed by atoms with E-state index >= 15 is 0 Å². The molecule has 106 valence electrons. The van der Waals surface area contributed by atoms with Crippen molar-refractivity contribution in [2.45, 2.75) is 13.8 Å². The Labute approximate surface area is 120 Å². The number of furan rings is 1. The Hall–Kier alpha value is -2.08. The van der Waals surface area contributed by atoms with Crippen molar-refractivity contribution in [2.24, 2.45) is 0 Å². The van der Waals surface area contributed by atoms with Gasteiger partial charge in [0.25, 0.3) is 5.91 Å². The lowest BCUT2D eigenvalue weighted by Gasteiger charge is -2.04. The summed E-state index contributed by atoms with van der Waals surface area (Å²) in [4.78, 5) is 27.3. The largest absolute Gasteiger partial charge is 0.465 e. The molecule has 1 amide bonds. The first-order chi connectivity index (χ1) is 9.52. The number of halogens is 1. The summed E-state index contributed by atoms with van der Waals surface area (Å²) in [5.74, 6) is -0.498. The molecule has 2 heterocycles. The maximum Gasteiger partial charge on any atom is 0.325 e. The summed E-state index contributed by atoms with van der Waals surface area (Å²) in [5, 5.41) is 3.31. The van der Waals surface area contributed by atoms with Gasteiger partial charge in [-0.05, 0) is 26.0 Å². The normalized spacial score (nSPS) is 10.6. The van der Waals surface area contributed by atoms with E-state index in [2.05, 4.69) is 10.3 Å². The van der Waals surface area contributed by atoms with Gasteiger partial charge in [0, 0.05) is 0 Å². The zero-order valence-electron chi connectivity index (χ0n) is 11.0. The Kier molecular flexibility index (Phi) is 4.24. The number of nitrogens with zero attached hydrogens (tertiary/aromatic N) is 1. The maximum absolute atomic E-state index is 12.1. The van der Waals surface area contributed by atoms with Gasteiger partial charge in [0.15, 0.2) is 0 Å². The zero-order chi connectivity index (χ0) is 14.7. The highest BCUT2D eigenvalue weighted by atomic mass is 35.5. The minimum atomic E-state index is -0.493. The third kappa shape index (κ3) is 2.91. The Bertz CT molecular complexity index is 666. The van der Waals surface area contributed by atoms with Gasteiger partial charge in [-0.3, -0.25) is 9.59 Å². The fourth-order valence-electron chi connectivity index (χ4n) is 1.81. The number of nitrogens with one attached hydrogen (secondary N) is 1. The summed E-state index contributed by atoms with van der Waals surface area (Å²) in [5.41, 5.74) is 0.629. The molecule has 7 heteroatoms. The Morgan fingerprint density at radius 1 is 1.45 bits per heavy atom. The first-order valence-electron chi connectivity index (χ1n) is 6.02. The van der Waals surface area contributed by atoms with Crippen molar-refractivity contribution in [3.63, 3.8) is 0 Å². The number of carbonyl (C=O) groups is 2. The Morgan fingerprint density at radius 3 is 2.90 bits per heavy atom. The van der Waals surface area contributed by atoms with Crippen LogP contribution in [0.5, 0.6) is 0 Å². The first kappa shape index (κ1) is 14.3. The summed E-state index contributed by atoms with van der Waals surface area (Å²) in [7, 11) is 0. The number of amides is 1. The standard InChI is InChI=1S/C13H13ClN2O4/c1-3-19-10(17)6-15-12(18)11-7(2)20-13-8(11)4-5-9(14)16-13/h4-5H,3,6H2,1-2H3,(H,15,18). The molecule has 0 saturated heterocycles. The predicted molar refractivity (Wildman–Crippen MR) is 72.7 cm³/mol. The first-order valence-corrected chi connectivity index (χ1v) is 6.40. The number of pyridine rings is 1. The maximum atomic E-state index is 12.1. The van der Waals surface area contributed by atoms with Gasteiger partial charge in [0.2, 0.25) is 5.71 Å². The lowest BCUT2D eigenvalue weighted by atomic mass is 10.1. The fraction of sp³-hybridized carbons (Fsp3) is 0.308. The van der Waals surface area contributed by atoms with Gasteiger partial charge in [-0.1, -0.05) is 11.6 Å². The Balaban J connectivity index is 2.22. The van der Waals surface area contributed by atoms with Crippen LogP contribution in [0.25, 0.3) is 11.1 Å². The van der Waals surface area contributed by atoms with Crippen molar-refractivity contribution in [2.75, 3.05) is 13.2 Å². The van der Waals surface area contributed by atoms with Crippen LogP contribution in [0.15, 0.2) is 16.5 Å². The average molecular weight is 297 g/mol. The van der Waals surface area contributed by atoms with Crippen molar-refractivity contribution in [3.8, 4) is 0 Å². The third-order valence-corrected chi connectivity index (χ3v) is 2.83. The van der Waals surface area contributed by atoms with Gasteiger partial charge in [-0.25, -0.2) is 4.98 Å². The molecule has 0 aliphatic heterocycles. The van der Waals surface area contributed by atoms with E-state index in [0.717, 1.165) is 0 Å². The van der Waals surface area contributed by atoms with Crippen molar-refractivity contribution in [3.05, 3.63) is 28.6 Å². The number of fused-ring (bicyclic) bond motifs is 1. The summed E-state index contributed by atoms with van der Waals surface area (Å²) in [6.07, 6.45) is 0. The molecule has 0 radical (unpaired) electrons. The second-order valence-corrected chi connectivity index (χ2v) is 4.39. The Morgan fingerprint density at radius 2 is 2.20 bits per heavy atom. The van der Waals surface area contributed by atoms with E-state index in [1.165, 1.54) is 0 Å². The topological polar surface area (TPSA) is 81.4 Å². The molecule has 0 spiro atoms. The second-order valence-electron chi connectivity index (χ2n) is 4.01. The van der Waals surface area contributed by atoms with Crippen LogP contribution in [0.4, 0.5) is 0 Å². The highest BCUT2D eigenvalue weighted by molar-refractivity contribution is 6.29. The van der Waals surface area contributed by atoms with Crippen LogP contribution >= 0.6 is 11.6 Å². The fourth-order valence-corrected chi connectivity index (χ4v) is 1.95. The van der Waals surface area contributed by atoms with Crippen LogP contribution in [-0.2, 0) is 9.53 Å². The molecule has 6 nitrogen and oxygen atoms in total. The second kappa shape index (κ2) is 5.92. The highest BCUT2D eigenvalue weighted by Crippen LogP contribution is 2.25. The summed E-state index contributed by atoms with van der Waals surface area (Å²) >= 11 is 5.76. The van der Waals surface area contributed by atoms with Crippen LogP contribution in [0.2, 0.25) is 5.15 Å². The van der Waals surface area contributed by atoms with E-state index < -0.39 is 11.9 Å². The molecule has 0 aliphatic rings. The molecular weight excluding hydrogens is 284 g/mol. The lowest BCUT2D eigenvalue weighted by Crippen LogP contribution is -2.30. The van der Waals surface area contributed by atoms with Crippen LogP contribution in [-0.4, -0.2) is 30.0 Å². The average Bonchev–Trinajstić information content (AvgIpc) is 2.71. The number of aryl methyl sites for hydroxylation is 1. The van der Waals surface area contributed by atoms with Crippen LogP contribution in [0.3, 0.4) is 0 Å². The molecule has 0 atom stereocenters. The number of esters is 1. The van der Waals surface area contributed by atoms with Crippen LogP contribution in [0.1, 0.15) is 23.0 Å². The van der Waals surface area contributed by atoms with E-state index in [0.29, 0.717) is 16.7 Å². The molecule has 1 N–H and O–H groups in total. The molecule has 0 aromatic carbocycles. The van der Waals surface area contributed by atoms with Gasteiger partial charge in [0.05, 0.1) is 17.6 Å². The van der Waals surface area contributed by atoms with Gasteiger partial charge >= 0.3 is 5.97 Å². The molecule has 2 aromatic rings. The number of carbonyl (C=O) groups excluding carboxylic acids is 2. The number of hydrogen-bond donors (Lipinski definition) is 1. The molecule has 0 unspecified atom stereocenters. The van der Waals surface area contributed by atoms with Crippen LogP contribution < -0.4 is 5.32 Å². The predicted octanol–water partition coefficient (Wildman–Crippen LogP) is 2.08. The number of ether oxygens (including phenoxy) is 1. The van der Waals surface area contributed by atoms with Gasteiger partial charge in [0.1, 0.15) is 17.5 Å². The van der Waals surface area contributed by atoms with Gasteiger partial charge in [-0.2, -0.15) is 0 Å². The molecule has 0 fully saturated rings. The zero-order valence-corrected chi connectivity index (χ0v) is 11.8. The molecule has 0 aliphatic carbocycles. The third-order valence-electron chi connectivity index (χ3n) is 2.62. The molecule has 0 saturated carbocycles. The van der Waals surface area contributed by atoms with Crippen LogP contribution in [0, 0.1) is 6.92 Å². The lowest BCUT2D eigenvalue weighted by molar-refractivity contribution is -0.141. The summed E-state index contributed by atoms with van der Waals surface area (Å²) < 4.78 is 10.1. The van der Waals surface area contributed by atoms with E-state index in [1.807, 2.05) is 0 Å². The molecule has 20 heavy (non-hydrogen) atoms. The minimum Gasteiger partial charge on any atom is -0.465 e. The molecule has 0 bridgehead atoms. The van der Waals surface area contributed by atoms with E-state index in [1.54, 1.807) is 26.0 Å². The van der Waals surface area contributed by atoms with E-state index in [4.69, 9.17) is 20.8 Å². The van der Waals surface area contributed by atoms with E-state index in [-0.39, 0.29) is 24.0 Å². The smallest absolute Gasteiger partial charge is 0.325 e. The SMILES string of the molecule is CCOC(=O)CNC(=O)c1c(C)oc2nc(Cl)ccc12. The number of rotatable bonds is 4. The number of hydrogen-bond acceptors (Lipinski definition) is 5. The highest BCUT2D eigenvalue weighted by Gasteiger charge is 2.19. The van der Waals surface area contributed by atoms with Crippen molar-refractivity contribution >= 4 is 34.6 Å². The van der Waals surface area contributed by atoms with Gasteiger partial charge < -0.3 is 14.5 Å². The van der Waals surface area contributed by atoms with Crippen molar-refractivity contribution in [1.29, 1.82) is 0 Å². The summed E-state index contributed by atoms with van der Waals surface area (Å²) in [6.45, 7) is 3.42. The quantitative estimate of drug-likeness (QED) is 0.690. The number of aromatic nitrogens is 1. The minimum absolute atomic E-state index is 0.195. The van der Waals surface area contributed by atoms with Crippen molar-refractivity contribution in [1.82, 2.24) is 10.3 Å².